The van der Waals surface area contributed by atoms with E-state index in [0.29, 0.717) is 37.1 Å². The normalized spacial score (nSPS) is 18.4. The summed E-state index contributed by atoms with van der Waals surface area (Å²) in [5, 5.41) is 5.98. The molecule has 2 aromatic carbocycles. The SMILES string of the molecule is CNC1CCN(C(=O)[C@H](Cc2ccc(C(F)(F)F)cc2)NC(=O)C2(c3ccc(OC(F)(F)F)cc3)CC2)CC1. The summed E-state index contributed by atoms with van der Waals surface area (Å²) < 4.78 is 80.4. The number of amides is 2. The van der Waals surface area contributed by atoms with Crippen LogP contribution in [0, 0.1) is 0 Å². The smallest absolute Gasteiger partial charge is 0.406 e. The quantitative estimate of drug-likeness (QED) is 0.467. The molecule has 1 saturated carbocycles. The Morgan fingerprint density at radius 1 is 0.974 bits per heavy atom. The van der Waals surface area contributed by atoms with Crippen molar-refractivity contribution in [3.8, 4) is 5.75 Å². The maximum atomic E-state index is 13.5. The van der Waals surface area contributed by atoms with Crippen LogP contribution >= 0.6 is 0 Å². The van der Waals surface area contributed by atoms with Crippen molar-refractivity contribution in [2.45, 2.75) is 62.1 Å². The van der Waals surface area contributed by atoms with E-state index in [9.17, 15) is 35.9 Å². The first-order chi connectivity index (χ1) is 18.3. The third kappa shape index (κ3) is 7.03. The van der Waals surface area contributed by atoms with Crippen molar-refractivity contribution in [3.63, 3.8) is 0 Å². The lowest BCUT2D eigenvalue weighted by molar-refractivity contribution is -0.274. The fourth-order valence-corrected chi connectivity index (χ4v) is 4.92. The molecular weight excluding hydrogens is 528 g/mol. The summed E-state index contributed by atoms with van der Waals surface area (Å²) in [6, 6.07) is 8.73. The van der Waals surface area contributed by atoms with Crippen molar-refractivity contribution in [2.75, 3.05) is 20.1 Å². The molecule has 212 valence electrons. The molecule has 39 heavy (non-hydrogen) atoms. The van der Waals surface area contributed by atoms with Gasteiger partial charge in [-0.05, 0) is 68.1 Å². The van der Waals surface area contributed by atoms with Gasteiger partial charge in [-0.15, -0.1) is 13.2 Å². The molecule has 0 spiro atoms. The molecule has 2 aromatic rings. The van der Waals surface area contributed by atoms with Crippen LogP contribution in [0.2, 0.25) is 0 Å². The highest BCUT2D eigenvalue weighted by Gasteiger charge is 2.52. The highest BCUT2D eigenvalue weighted by Crippen LogP contribution is 2.49. The number of hydrogen-bond donors (Lipinski definition) is 2. The number of hydrogen-bond acceptors (Lipinski definition) is 4. The Balaban J connectivity index is 1.52. The third-order valence-corrected chi connectivity index (χ3v) is 7.36. The van der Waals surface area contributed by atoms with Crippen molar-refractivity contribution in [1.29, 1.82) is 0 Å². The van der Waals surface area contributed by atoms with Crippen molar-refractivity contribution < 1.29 is 40.7 Å². The number of rotatable bonds is 8. The monoisotopic (exact) mass is 557 g/mol. The first-order valence-corrected chi connectivity index (χ1v) is 12.6. The van der Waals surface area contributed by atoms with E-state index in [-0.39, 0.29) is 18.4 Å². The fraction of sp³-hybridized carbons (Fsp3) is 0.481. The summed E-state index contributed by atoms with van der Waals surface area (Å²) in [4.78, 5) is 28.6. The Hall–Kier alpha value is -3.28. The van der Waals surface area contributed by atoms with Crippen molar-refractivity contribution >= 4 is 11.8 Å². The number of ether oxygens (including phenoxy) is 1. The molecule has 1 aliphatic heterocycles. The van der Waals surface area contributed by atoms with Gasteiger partial charge in [-0.2, -0.15) is 13.2 Å². The molecule has 2 N–H and O–H groups in total. The maximum absolute atomic E-state index is 13.5. The average Bonchev–Trinajstić information content (AvgIpc) is 3.69. The lowest BCUT2D eigenvalue weighted by Crippen LogP contribution is -2.54. The van der Waals surface area contributed by atoms with Crippen LogP contribution in [0.1, 0.15) is 42.4 Å². The molecule has 1 heterocycles. The van der Waals surface area contributed by atoms with E-state index in [1.54, 1.807) is 4.90 Å². The van der Waals surface area contributed by atoms with Gasteiger partial charge in [0.15, 0.2) is 0 Å². The molecule has 2 fully saturated rings. The van der Waals surface area contributed by atoms with Crippen LogP contribution in [-0.4, -0.2) is 55.3 Å². The number of carbonyl (C=O) groups excluding carboxylic acids is 2. The van der Waals surface area contributed by atoms with Crippen LogP contribution in [0.3, 0.4) is 0 Å². The summed E-state index contributed by atoms with van der Waals surface area (Å²) in [7, 11) is 1.84. The lowest BCUT2D eigenvalue weighted by Gasteiger charge is -2.34. The van der Waals surface area contributed by atoms with Crippen LogP contribution in [-0.2, 0) is 27.6 Å². The van der Waals surface area contributed by atoms with Crippen LogP contribution in [0.4, 0.5) is 26.3 Å². The maximum Gasteiger partial charge on any atom is 0.573 e. The molecule has 1 saturated heterocycles. The van der Waals surface area contributed by atoms with Gasteiger partial charge in [0, 0.05) is 25.6 Å². The molecular formula is C27H29F6N3O3. The first-order valence-electron chi connectivity index (χ1n) is 12.6. The standard InChI is InChI=1S/C27H29F6N3O3/c1-34-20-10-14-36(15-11-20)23(37)22(16-17-2-4-19(5-3-17)26(28,29)30)35-24(38)25(12-13-25)18-6-8-21(9-7-18)39-27(31,32)33/h2-9,20,22,34H,10-16H2,1H3,(H,35,38)/t22-/m0/s1. The number of carbonyl (C=O) groups is 2. The Kier molecular flexibility index (Phi) is 8.15. The Morgan fingerprint density at radius 3 is 2.05 bits per heavy atom. The Morgan fingerprint density at radius 2 is 1.56 bits per heavy atom. The predicted octanol–water partition coefficient (Wildman–Crippen LogP) is 4.57. The number of likely N-dealkylation sites (tertiary alicyclic amines) is 1. The summed E-state index contributed by atoms with van der Waals surface area (Å²) in [6.45, 7) is 0.936. The van der Waals surface area contributed by atoms with Gasteiger partial charge in [0.25, 0.3) is 0 Å². The van der Waals surface area contributed by atoms with Crippen LogP contribution < -0.4 is 15.4 Å². The molecule has 0 radical (unpaired) electrons. The minimum atomic E-state index is -4.84. The van der Waals surface area contributed by atoms with Crippen LogP contribution in [0.25, 0.3) is 0 Å². The van der Waals surface area contributed by atoms with Gasteiger partial charge in [-0.3, -0.25) is 9.59 Å². The number of nitrogens with zero attached hydrogens (tertiary/aromatic N) is 1. The molecule has 0 unspecified atom stereocenters. The highest BCUT2D eigenvalue weighted by atomic mass is 19.4. The van der Waals surface area contributed by atoms with Gasteiger partial charge in [-0.1, -0.05) is 24.3 Å². The third-order valence-electron chi connectivity index (χ3n) is 7.36. The van der Waals surface area contributed by atoms with Crippen LogP contribution in [0.15, 0.2) is 48.5 Å². The highest BCUT2D eigenvalue weighted by molar-refractivity contribution is 5.95. The van der Waals surface area contributed by atoms with Crippen molar-refractivity contribution in [3.05, 3.63) is 65.2 Å². The first kappa shape index (κ1) is 28.7. The van der Waals surface area contributed by atoms with Gasteiger partial charge in [0.05, 0.1) is 11.0 Å². The molecule has 1 atom stereocenters. The van der Waals surface area contributed by atoms with Crippen LogP contribution in [0.5, 0.6) is 5.75 Å². The second-order valence-electron chi connectivity index (χ2n) is 9.97. The number of nitrogens with one attached hydrogen (secondary N) is 2. The minimum Gasteiger partial charge on any atom is -0.406 e. The van der Waals surface area contributed by atoms with E-state index in [0.717, 1.165) is 37.1 Å². The summed E-state index contributed by atoms with van der Waals surface area (Å²) >= 11 is 0. The van der Waals surface area contributed by atoms with Crippen molar-refractivity contribution in [2.24, 2.45) is 0 Å². The topological polar surface area (TPSA) is 70.7 Å². The van der Waals surface area contributed by atoms with Gasteiger partial charge >= 0.3 is 12.5 Å². The Labute approximate surface area is 221 Å². The second kappa shape index (κ2) is 11.1. The zero-order valence-electron chi connectivity index (χ0n) is 21.2. The average molecular weight is 558 g/mol. The number of piperidine rings is 1. The molecule has 2 amide bonds. The molecule has 0 aromatic heterocycles. The summed E-state index contributed by atoms with van der Waals surface area (Å²) in [5.74, 6) is -1.20. The molecule has 4 rings (SSSR count). The second-order valence-corrected chi connectivity index (χ2v) is 9.97. The zero-order chi connectivity index (χ0) is 28.4. The number of alkyl halides is 6. The van der Waals surface area contributed by atoms with Gasteiger partial charge < -0.3 is 20.3 Å². The molecule has 6 nitrogen and oxygen atoms in total. The molecule has 0 bridgehead atoms. The van der Waals surface area contributed by atoms with Gasteiger partial charge in [-0.25, -0.2) is 0 Å². The minimum absolute atomic E-state index is 0.0108. The van der Waals surface area contributed by atoms with Crippen molar-refractivity contribution in [1.82, 2.24) is 15.5 Å². The number of halogens is 6. The zero-order valence-corrected chi connectivity index (χ0v) is 21.2. The van der Waals surface area contributed by atoms with E-state index in [4.69, 9.17) is 0 Å². The largest absolute Gasteiger partial charge is 0.573 e. The predicted molar refractivity (Wildman–Crippen MR) is 130 cm³/mol. The van der Waals surface area contributed by atoms with Gasteiger partial charge in [0.1, 0.15) is 11.8 Å². The fourth-order valence-electron chi connectivity index (χ4n) is 4.92. The van der Waals surface area contributed by atoms with E-state index in [2.05, 4.69) is 15.4 Å². The van der Waals surface area contributed by atoms with E-state index >= 15 is 0 Å². The van der Waals surface area contributed by atoms with E-state index in [1.807, 2.05) is 7.05 Å². The summed E-state index contributed by atoms with van der Waals surface area (Å²) in [5.41, 5.74) is -0.883. The number of benzene rings is 2. The van der Waals surface area contributed by atoms with E-state index in [1.165, 1.54) is 24.3 Å². The van der Waals surface area contributed by atoms with Gasteiger partial charge in [0.2, 0.25) is 11.8 Å². The molecule has 1 aliphatic carbocycles. The van der Waals surface area contributed by atoms with E-state index < -0.39 is 41.2 Å². The Bertz CT molecular complexity index is 1150. The molecule has 12 heteroatoms. The molecule has 2 aliphatic rings. The lowest BCUT2D eigenvalue weighted by atomic mass is 9.93. The summed E-state index contributed by atoms with van der Waals surface area (Å²) in [6.07, 6.45) is -7.04.